The largest absolute Gasteiger partial charge is 0.436 e. The van der Waals surface area contributed by atoms with Gasteiger partial charge >= 0.3 is 0 Å². The highest BCUT2D eigenvalue weighted by Crippen LogP contribution is 2.28. The Labute approximate surface area is 98.2 Å². The smallest absolute Gasteiger partial charge is 0.222 e. The fraction of sp³-hybridized carbons (Fsp3) is 0. The second kappa shape index (κ2) is 4.52. The minimum Gasteiger partial charge on any atom is -0.436 e. The van der Waals surface area contributed by atoms with Crippen LogP contribution in [-0.4, -0.2) is 9.97 Å². The van der Waals surface area contributed by atoms with E-state index in [2.05, 4.69) is 25.9 Å². The van der Waals surface area contributed by atoms with E-state index >= 15 is 0 Å². The number of ether oxygens (including phenoxy) is 1. The van der Waals surface area contributed by atoms with Gasteiger partial charge in [-0.25, -0.2) is 14.4 Å². The van der Waals surface area contributed by atoms with Crippen LogP contribution in [0.1, 0.15) is 0 Å². The summed E-state index contributed by atoms with van der Waals surface area (Å²) in [4.78, 5) is 7.41. The summed E-state index contributed by atoms with van der Waals surface area (Å²) in [6, 6.07) is 3.78. The van der Waals surface area contributed by atoms with Gasteiger partial charge in [-0.2, -0.15) is 4.39 Å². The van der Waals surface area contributed by atoms with Gasteiger partial charge in [0.05, 0.1) is 0 Å². The Morgan fingerprint density at radius 1 is 1.25 bits per heavy atom. The van der Waals surface area contributed by atoms with E-state index in [1.165, 1.54) is 24.7 Å². The molecule has 1 aromatic heterocycles. The molecule has 0 aliphatic carbocycles. The first kappa shape index (κ1) is 10.9. The SMILES string of the molecule is Fc1cc(Br)cc(Oc2ccncn2)c1F. The lowest BCUT2D eigenvalue weighted by Gasteiger charge is -2.06. The first-order valence-electron chi connectivity index (χ1n) is 4.25. The highest BCUT2D eigenvalue weighted by Gasteiger charge is 2.12. The molecule has 6 heteroatoms. The standard InChI is InChI=1S/C10H5BrF2N2O/c11-6-3-7(12)10(13)8(4-6)16-9-1-2-14-5-15-9/h1-5H. The van der Waals surface area contributed by atoms with Crippen molar-refractivity contribution < 1.29 is 13.5 Å². The maximum Gasteiger partial charge on any atom is 0.222 e. The molecule has 2 aromatic rings. The van der Waals surface area contributed by atoms with Crippen molar-refractivity contribution in [3.05, 3.63) is 46.8 Å². The summed E-state index contributed by atoms with van der Waals surface area (Å²) in [5.74, 6) is -2.13. The third kappa shape index (κ3) is 2.33. The lowest BCUT2D eigenvalue weighted by atomic mass is 10.3. The molecule has 0 saturated heterocycles. The van der Waals surface area contributed by atoms with Gasteiger partial charge in [-0.3, -0.25) is 0 Å². The zero-order chi connectivity index (χ0) is 11.5. The van der Waals surface area contributed by atoms with Crippen LogP contribution in [0.5, 0.6) is 11.6 Å². The molecule has 0 bridgehead atoms. The highest BCUT2D eigenvalue weighted by atomic mass is 79.9. The predicted octanol–water partition coefficient (Wildman–Crippen LogP) is 3.31. The number of hydrogen-bond donors (Lipinski definition) is 0. The van der Waals surface area contributed by atoms with E-state index in [-0.39, 0.29) is 11.6 Å². The van der Waals surface area contributed by atoms with Crippen molar-refractivity contribution >= 4 is 15.9 Å². The van der Waals surface area contributed by atoms with Crippen LogP contribution >= 0.6 is 15.9 Å². The Bertz CT molecular complexity index is 508. The second-order valence-electron chi connectivity index (χ2n) is 2.85. The topological polar surface area (TPSA) is 35.0 Å². The number of halogens is 3. The molecular weight excluding hydrogens is 282 g/mol. The monoisotopic (exact) mass is 286 g/mol. The quantitative estimate of drug-likeness (QED) is 0.795. The summed E-state index contributed by atoms with van der Waals surface area (Å²) < 4.78 is 31.8. The van der Waals surface area contributed by atoms with E-state index in [4.69, 9.17) is 4.74 Å². The molecule has 0 aliphatic heterocycles. The first-order valence-corrected chi connectivity index (χ1v) is 5.04. The molecule has 16 heavy (non-hydrogen) atoms. The van der Waals surface area contributed by atoms with Crippen LogP contribution in [0.2, 0.25) is 0 Å². The molecule has 0 unspecified atom stereocenters. The molecule has 0 spiro atoms. The predicted molar refractivity (Wildman–Crippen MR) is 56.2 cm³/mol. The van der Waals surface area contributed by atoms with Crippen molar-refractivity contribution in [2.75, 3.05) is 0 Å². The number of benzene rings is 1. The van der Waals surface area contributed by atoms with Crippen LogP contribution in [0.25, 0.3) is 0 Å². The Morgan fingerprint density at radius 2 is 2.06 bits per heavy atom. The van der Waals surface area contributed by atoms with Crippen LogP contribution in [0.15, 0.2) is 35.2 Å². The van der Waals surface area contributed by atoms with E-state index in [1.807, 2.05) is 0 Å². The summed E-state index contributed by atoms with van der Waals surface area (Å²) in [6.07, 6.45) is 2.69. The van der Waals surface area contributed by atoms with Crippen LogP contribution in [-0.2, 0) is 0 Å². The Hall–Kier alpha value is -1.56. The van der Waals surface area contributed by atoms with Gasteiger partial charge in [0, 0.05) is 16.7 Å². The van der Waals surface area contributed by atoms with Gasteiger partial charge in [0.25, 0.3) is 0 Å². The minimum absolute atomic E-state index is 0.145. The average Bonchev–Trinajstić information content (AvgIpc) is 2.27. The molecule has 0 saturated carbocycles. The van der Waals surface area contributed by atoms with Gasteiger partial charge in [0.1, 0.15) is 6.33 Å². The van der Waals surface area contributed by atoms with Gasteiger partial charge in [0.2, 0.25) is 11.7 Å². The van der Waals surface area contributed by atoms with E-state index in [9.17, 15) is 8.78 Å². The van der Waals surface area contributed by atoms with Crippen LogP contribution in [0, 0.1) is 11.6 Å². The van der Waals surface area contributed by atoms with E-state index in [0.29, 0.717) is 4.47 Å². The lowest BCUT2D eigenvalue weighted by Crippen LogP contribution is -1.94. The van der Waals surface area contributed by atoms with Crippen molar-refractivity contribution in [1.29, 1.82) is 0 Å². The first-order chi connectivity index (χ1) is 7.66. The van der Waals surface area contributed by atoms with Crippen LogP contribution in [0.4, 0.5) is 8.78 Å². The van der Waals surface area contributed by atoms with Gasteiger partial charge in [-0.15, -0.1) is 0 Å². The molecule has 0 N–H and O–H groups in total. The van der Waals surface area contributed by atoms with Gasteiger partial charge in [0.15, 0.2) is 11.6 Å². The fourth-order valence-electron chi connectivity index (χ4n) is 1.06. The summed E-state index contributed by atoms with van der Waals surface area (Å²) in [7, 11) is 0. The molecular formula is C10H5BrF2N2O. The number of nitrogens with zero attached hydrogens (tertiary/aromatic N) is 2. The molecule has 82 valence electrons. The molecule has 0 atom stereocenters. The molecule has 2 rings (SSSR count). The zero-order valence-corrected chi connectivity index (χ0v) is 9.41. The summed E-state index contributed by atoms with van der Waals surface area (Å²) >= 11 is 3.04. The maximum atomic E-state index is 13.3. The Morgan fingerprint density at radius 3 is 2.75 bits per heavy atom. The van der Waals surface area contributed by atoms with Crippen molar-refractivity contribution in [2.45, 2.75) is 0 Å². The molecule has 0 amide bonds. The molecule has 0 aliphatic rings. The number of rotatable bonds is 2. The molecule has 1 heterocycles. The molecule has 0 radical (unpaired) electrons. The van der Waals surface area contributed by atoms with E-state index in [0.717, 1.165) is 6.07 Å². The summed E-state index contributed by atoms with van der Waals surface area (Å²) in [5, 5.41) is 0. The summed E-state index contributed by atoms with van der Waals surface area (Å²) in [6.45, 7) is 0. The number of hydrogen-bond acceptors (Lipinski definition) is 3. The van der Waals surface area contributed by atoms with Crippen LogP contribution < -0.4 is 4.74 Å². The van der Waals surface area contributed by atoms with Gasteiger partial charge < -0.3 is 4.74 Å². The third-order valence-electron chi connectivity index (χ3n) is 1.73. The second-order valence-corrected chi connectivity index (χ2v) is 3.77. The number of aromatic nitrogens is 2. The molecule has 0 fully saturated rings. The molecule has 3 nitrogen and oxygen atoms in total. The highest BCUT2D eigenvalue weighted by molar-refractivity contribution is 9.10. The van der Waals surface area contributed by atoms with Gasteiger partial charge in [-0.05, 0) is 12.1 Å². The van der Waals surface area contributed by atoms with E-state index in [1.54, 1.807) is 0 Å². The van der Waals surface area contributed by atoms with Crippen molar-refractivity contribution in [2.24, 2.45) is 0 Å². The zero-order valence-electron chi connectivity index (χ0n) is 7.82. The summed E-state index contributed by atoms with van der Waals surface area (Å²) in [5.41, 5.74) is 0. The van der Waals surface area contributed by atoms with Crippen molar-refractivity contribution in [1.82, 2.24) is 9.97 Å². The fourth-order valence-corrected chi connectivity index (χ4v) is 1.47. The van der Waals surface area contributed by atoms with Crippen molar-refractivity contribution in [3.8, 4) is 11.6 Å². The average molecular weight is 287 g/mol. The Kier molecular flexibility index (Phi) is 3.09. The van der Waals surface area contributed by atoms with Crippen LogP contribution in [0.3, 0.4) is 0 Å². The lowest BCUT2D eigenvalue weighted by molar-refractivity contribution is 0.404. The minimum atomic E-state index is -1.05. The third-order valence-corrected chi connectivity index (χ3v) is 2.19. The maximum absolute atomic E-state index is 13.3. The Balaban J connectivity index is 2.35. The van der Waals surface area contributed by atoms with Gasteiger partial charge in [-0.1, -0.05) is 15.9 Å². The van der Waals surface area contributed by atoms with Crippen molar-refractivity contribution in [3.63, 3.8) is 0 Å². The molecule has 1 aromatic carbocycles. The normalized spacial score (nSPS) is 10.2. The van der Waals surface area contributed by atoms with E-state index < -0.39 is 11.6 Å².